The van der Waals surface area contributed by atoms with E-state index in [1.54, 1.807) is 0 Å². The van der Waals surface area contributed by atoms with E-state index < -0.39 is 0 Å². The van der Waals surface area contributed by atoms with Crippen LogP contribution in [0.1, 0.15) is 81.9 Å². The number of benzene rings is 2. The molecule has 2 N–H and O–H groups in total. The molecule has 4 rings (SSSR count). The van der Waals surface area contributed by atoms with E-state index in [2.05, 4.69) is 95.8 Å². The van der Waals surface area contributed by atoms with Crippen LogP contribution in [0.2, 0.25) is 0 Å². The number of hydrogen-bond donors (Lipinski definition) is 2. The molecule has 198 valence electrons. The van der Waals surface area contributed by atoms with Gasteiger partial charge in [-0.05, 0) is 55.5 Å². The van der Waals surface area contributed by atoms with Gasteiger partial charge in [0.25, 0.3) is 5.91 Å². The first-order valence-corrected chi connectivity index (χ1v) is 14.0. The van der Waals surface area contributed by atoms with E-state index in [4.69, 9.17) is 4.98 Å². The lowest BCUT2D eigenvalue weighted by Gasteiger charge is -2.31. The summed E-state index contributed by atoms with van der Waals surface area (Å²) in [4.78, 5) is 20.1. The number of amides is 1. The molecule has 0 saturated heterocycles. The molecule has 1 fully saturated rings. The van der Waals surface area contributed by atoms with Gasteiger partial charge in [0.2, 0.25) is 0 Å². The van der Waals surface area contributed by atoms with Gasteiger partial charge < -0.3 is 15.5 Å². The maximum atomic E-state index is 13.1. The lowest BCUT2D eigenvalue weighted by Crippen LogP contribution is -2.40. The number of carbonyl (C=O) groups excluding carboxylic acids is 1. The number of hydrogen-bond acceptors (Lipinski definition) is 4. The van der Waals surface area contributed by atoms with E-state index in [1.165, 1.54) is 10.9 Å². The van der Waals surface area contributed by atoms with E-state index in [0.717, 1.165) is 53.8 Å². The molecule has 2 aromatic carbocycles. The van der Waals surface area contributed by atoms with Crippen LogP contribution in [0.5, 0.6) is 0 Å². The standard InChI is InChI=1S/C31H43N4OP/c1-30(2,3)28-19-26(23-10-8-9-11-25(23)34-28)32-21-13-15-22(16-14-21)33-29(36)20-12-17-24(31(4,5)37)27(18-20)35(6)7/h8-12,17-19,21-22H,13-16,37H2,1-7H3,(H,32,34)(H,33,36). The Balaban J connectivity index is 1.42. The van der Waals surface area contributed by atoms with Crippen molar-refractivity contribution in [3.05, 3.63) is 65.4 Å². The number of aromatic nitrogens is 1. The normalized spacial score (nSPS) is 18.5. The fourth-order valence-electron chi connectivity index (χ4n) is 5.14. The maximum Gasteiger partial charge on any atom is 0.251 e. The van der Waals surface area contributed by atoms with Crippen LogP contribution in [-0.2, 0) is 10.6 Å². The molecular weight excluding hydrogens is 475 g/mol. The molecule has 1 aliphatic rings. The van der Waals surface area contributed by atoms with Crippen molar-refractivity contribution >= 4 is 37.4 Å². The average Bonchev–Trinajstić information content (AvgIpc) is 2.83. The zero-order chi connectivity index (χ0) is 27.0. The third-order valence-electron chi connectivity index (χ3n) is 7.34. The first-order chi connectivity index (χ1) is 17.3. The second kappa shape index (κ2) is 10.6. The van der Waals surface area contributed by atoms with Crippen LogP contribution in [0.3, 0.4) is 0 Å². The van der Waals surface area contributed by atoms with E-state index in [0.29, 0.717) is 6.04 Å². The Hall–Kier alpha value is -2.65. The highest BCUT2D eigenvalue weighted by Crippen LogP contribution is 2.37. The lowest BCUT2D eigenvalue weighted by molar-refractivity contribution is 0.0926. The Morgan fingerprint density at radius 3 is 2.22 bits per heavy atom. The number of fused-ring (bicyclic) bond motifs is 1. The SMILES string of the molecule is CN(C)c1cc(C(=O)NC2CCC(Nc3cc(C(C)(C)C)nc4ccccc34)CC2)ccc1C(C)(C)P. The van der Waals surface area contributed by atoms with Crippen molar-refractivity contribution in [3.8, 4) is 0 Å². The van der Waals surface area contributed by atoms with Crippen LogP contribution in [0.15, 0.2) is 48.5 Å². The van der Waals surface area contributed by atoms with Crippen molar-refractivity contribution in [1.82, 2.24) is 10.3 Å². The van der Waals surface area contributed by atoms with Crippen LogP contribution in [0.25, 0.3) is 10.9 Å². The molecule has 3 aromatic rings. The second-order valence-corrected chi connectivity index (χ2v) is 13.8. The second-order valence-electron chi connectivity index (χ2n) is 12.3. The van der Waals surface area contributed by atoms with Crippen LogP contribution < -0.4 is 15.5 Å². The fourth-order valence-corrected chi connectivity index (χ4v) is 5.38. The zero-order valence-electron chi connectivity index (χ0n) is 23.5. The van der Waals surface area contributed by atoms with Crippen molar-refractivity contribution in [1.29, 1.82) is 0 Å². The molecule has 6 heteroatoms. The predicted octanol–water partition coefficient (Wildman–Crippen LogP) is 6.86. The van der Waals surface area contributed by atoms with Gasteiger partial charge in [0.15, 0.2) is 0 Å². The number of anilines is 2. The van der Waals surface area contributed by atoms with Crippen LogP contribution >= 0.6 is 9.24 Å². The summed E-state index contributed by atoms with van der Waals surface area (Å²) in [5.41, 5.74) is 6.30. The Kier molecular flexibility index (Phi) is 7.85. The summed E-state index contributed by atoms with van der Waals surface area (Å²) < 4.78 is 0. The highest BCUT2D eigenvalue weighted by atomic mass is 31.0. The van der Waals surface area contributed by atoms with Crippen molar-refractivity contribution in [2.24, 2.45) is 0 Å². The van der Waals surface area contributed by atoms with Gasteiger partial charge in [0.1, 0.15) is 0 Å². The number of pyridine rings is 1. The Labute approximate surface area is 225 Å². The third kappa shape index (κ3) is 6.44. The molecule has 1 aliphatic carbocycles. The van der Waals surface area contributed by atoms with Crippen molar-refractivity contribution in [2.45, 2.75) is 83.0 Å². The Bertz CT molecular complexity index is 1260. The minimum Gasteiger partial charge on any atom is -0.382 e. The number of rotatable bonds is 6. The smallest absolute Gasteiger partial charge is 0.251 e. The van der Waals surface area contributed by atoms with Gasteiger partial charge in [0, 0.05) is 64.8 Å². The Morgan fingerprint density at radius 2 is 1.59 bits per heavy atom. The molecule has 1 atom stereocenters. The highest BCUT2D eigenvalue weighted by Gasteiger charge is 2.26. The van der Waals surface area contributed by atoms with Crippen LogP contribution in [0.4, 0.5) is 11.4 Å². The van der Waals surface area contributed by atoms with Gasteiger partial charge in [-0.3, -0.25) is 9.78 Å². The van der Waals surface area contributed by atoms with Crippen molar-refractivity contribution in [3.63, 3.8) is 0 Å². The van der Waals surface area contributed by atoms with E-state index in [9.17, 15) is 4.79 Å². The molecule has 0 aliphatic heterocycles. The summed E-state index contributed by atoms with van der Waals surface area (Å²) in [6.45, 7) is 11.0. The van der Waals surface area contributed by atoms with Crippen LogP contribution in [0, 0.1) is 0 Å². The third-order valence-corrected chi connectivity index (χ3v) is 7.65. The molecule has 5 nitrogen and oxygen atoms in total. The minimum absolute atomic E-state index is 0.0151. The summed E-state index contributed by atoms with van der Waals surface area (Å²) in [5, 5.41) is 8.23. The zero-order valence-corrected chi connectivity index (χ0v) is 24.6. The van der Waals surface area contributed by atoms with Gasteiger partial charge in [-0.2, -0.15) is 0 Å². The van der Waals surface area contributed by atoms with E-state index in [1.807, 2.05) is 26.2 Å². The topological polar surface area (TPSA) is 57.3 Å². The Morgan fingerprint density at radius 1 is 0.946 bits per heavy atom. The van der Waals surface area contributed by atoms with Crippen molar-refractivity contribution < 1.29 is 4.79 Å². The molecule has 1 saturated carbocycles. The molecular formula is C31H43N4OP. The van der Waals surface area contributed by atoms with Crippen molar-refractivity contribution in [2.75, 3.05) is 24.3 Å². The summed E-state index contributed by atoms with van der Waals surface area (Å²) in [7, 11) is 6.96. The molecule has 37 heavy (non-hydrogen) atoms. The monoisotopic (exact) mass is 518 g/mol. The summed E-state index contributed by atoms with van der Waals surface area (Å²) >= 11 is 0. The van der Waals surface area contributed by atoms with Gasteiger partial charge in [-0.1, -0.05) is 58.9 Å². The number of nitrogens with one attached hydrogen (secondary N) is 2. The van der Waals surface area contributed by atoms with Gasteiger partial charge in [0.05, 0.1) is 5.52 Å². The summed E-state index contributed by atoms with van der Waals surface area (Å²) in [6.07, 6.45) is 3.98. The summed E-state index contributed by atoms with van der Waals surface area (Å²) in [6, 6.07) is 17.2. The van der Waals surface area contributed by atoms with Gasteiger partial charge in [-0.15, -0.1) is 9.24 Å². The molecule has 0 spiro atoms. The largest absolute Gasteiger partial charge is 0.382 e. The molecule has 1 aromatic heterocycles. The molecule has 1 heterocycles. The molecule has 1 amide bonds. The van der Waals surface area contributed by atoms with E-state index >= 15 is 0 Å². The fraction of sp³-hybridized carbons (Fsp3) is 0.484. The summed E-state index contributed by atoms with van der Waals surface area (Å²) in [5.74, 6) is 0.0163. The minimum atomic E-state index is -0.0617. The molecule has 0 radical (unpaired) electrons. The molecule has 1 unspecified atom stereocenters. The van der Waals surface area contributed by atoms with Gasteiger partial charge >= 0.3 is 0 Å². The van der Waals surface area contributed by atoms with Crippen LogP contribution in [-0.4, -0.2) is 37.1 Å². The molecule has 0 bridgehead atoms. The average molecular weight is 519 g/mol. The number of nitrogens with zero attached hydrogens (tertiary/aromatic N) is 2. The predicted molar refractivity (Wildman–Crippen MR) is 161 cm³/mol. The van der Waals surface area contributed by atoms with E-state index in [-0.39, 0.29) is 22.5 Å². The number of carbonyl (C=O) groups is 1. The highest BCUT2D eigenvalue weighted by molar-refractivity contribution is 7.18. The van der Waals surface area contributed by atoms with Gasteiger partial charge in [-0.25, -0.2) is 0 Å². The first-order valence-electron chi connectivity index (χ1n) is 13.4. The quantitative estimate of drug-likeness (QED) is 0.350. The number of para-hydroxylation sites is 1. The maximum absolute atomic E-state index is 13.1. The first kappa shape index (κ1) is 27.4. The lowest BCUT2D eigenvalue weighted by atomic mass is 9.89.